The zero-order chi connectivity index (χ0) is 14.7. The summed E-state index contributed by atoms with van der Waals surface area (Å²) in [6.45, 7) is 5.66. The highest BCUT2D eigenvalue weighted by molar-refractivity contribution is 5.74. The molecule has 2 unspecified atom stereocenters. The summed E-state index contributed by atoms with van der Waals surface area (Å²) in [5.41, 5.74) is 1.83. The average molecular weight is 289 g/mol. The average Bonchev–Trinajstić information content (AvgIpc) is 2.81. The molecular weight excluding hydrogens is 266 g/mol. The number of imidazole rings is 1. The minimum absolute atomic E-state index is 0.0381. The van der Waals surface area contributed by atoms with Crippen molar-refractivity contribution in [3.05, 3.63) is 34.7 Å². The van der Waals surface area contributed by atoms with E-state index < -0.39 is 0 Å². The maximum atomic E-state index is 11.9. The highest BCUT2D eigenvalue weighted by Gasteiger charge is 2.21. The number of benzene rings is 1. The van der Waals surface area contributed by atoms with Crippen LogP contribution >= 0.6 is 0 Å². The van der Waals surface area contributed by atoms with Crippen molar-refractivity contribution in [1.82, 2.24) is 14.9 Å². The molecular formula is C16H23N3O2. The maximum Gasteiger partial charge on any atom is 0.326 e. The van der Waals surface area contributed by atoms with Gasteiger partial charge in [0.25, 0.3) is 0 Å². The summed E-state index contributed by atoms with van der Waals surface area (Å²) in [6, 6.07) is 7.79. The van der Waals surface area contributed by atoms with E-state index in [2.05, 4.69) is 17.2 Å². The van der Waals surface area contributed by atoms with Crippen LogP contribution in [0.4, 0.5) is 0 Å². The topological polar surface area (TPSA) is 59.0 Å². The molecule has 1 aliphatic rings. The number of aromatic amines is 1. The Balaban J connectivity index is 1.55. The fourth-order valence-corrected chi connectivity index (χ4v) is 2.97. The lowest BCUT2D eigenvalue weighted by molar-refractivity contribution is 0.00190. The van der Waals surface area contributed by atoms with E-state index in [-0.39, 0.29) is 5.69 Å². The normalized spacial score (nSPS) is 22.7. The molecule has 1 aromatic carbocycles. The summed E-state index contributed by atoms with van der Waals surface area (Å²) in [5.74, 6) is 0.613. The zero-order valence-electron chi connectivity index (χ0n) is 12.5. The van der Waals surface area contributed by atoms with Crippen LogP contribution < -0.4 is 11.0 Å². The molecule has 0 radical (unpaired) electrons. The number of hydrogen-bond donors (Lipinski definition) is 2. The summed E-state index contributed by atoms with van der Waals surface area (Å²) >= 11 is 0. The number of ether oxygens (including phenoxy) is 1. The number of H-pyrrole nitrogens is 1. The smallest absolute Gasteiger partial charge is 0.326 e. The fourth-order valence-electron chi connectivity index (χ4n) is 2.97. The number of para-hydroxylation sites is 2. The van der Waals surface area contributed by atoms with Crippen LogP contribution in [0.15, 0.2) is 29.1 Å². The lowest BCUT2D eigenvalue weighted by Crippen LogP contribution is -2.41. The number of fused-ring (bicyclic) bond motifs is 1. The first-order valence-corrected chi connectivity index (χ1v) is 7.75. The van der Waals surface area contributed by atoms with E-state index >= 15 is 0 Å². The third kappa shape index (κ3) is 3.19. The molecule has 2 aromatic rings. The Hall–Kier alpha value is -1.59. The first kappa shape index (κ1) is 14.4. The van der Waals surface area contributed by atoms with Gasteiger partial charge in [0, 0.05) is 19.7 Å². The van der Waals surface area contributed by atoms with Crippen LogP contribution in [0.2, 0.25) is 0 Å². The van der Waals surface area contributed by atoms with Gasteiger partial charge in [0.1, 0.15) is 0 Å². The van der Waals surface area contributed by atoms with Crippen molar-refractivity contribution in [3.63, 3.8) is 0 Å². The van der Waals surface area contributed by atoms with Crippen LogP contribution in [-0.2, 0) is 11.3 Å². The van der Waals surface area contributed by atoms with Crippen molar-refractivity contribution < 1.29 is 4.74 Å². The molecule has 0 bridgehead atoms. The lowest BCUT2D eigenvalue weighted by atomic mass is 9.97. The van der Waals surface area contributed by atoms with Crippen molar-refractivity contribution >= 4 is 11.0 Å². The van der Waals surface area contributed by atoms with Gasteiger partial charge in [-0.3, -0.25) is 4.57 Å². The van der Waals surface area contributed by atoms with E-state index in [4.69, 9.17) is 4.74 Å². The minimum Gasteiger partial charge on any atom is -0.377 e. The van der Waals surface area contributed by atoms with Crippen molar-refractivity contribution in [1.29, 1.82) is 0 Å². The number of piperidine rings is 1. The highest BCUT2D eigenvalue weighted by atomic mass is 16.5. The molecule has 1 aromatic heterocycles. The zero-order valence-corrected chi connectivity index (χ0v) is 12.5. The van der Waals surface area contributed by atoms with Gasteiger partial charge in [0.15, 0.2) is 0 Å². The molecule has 5 heteroatoms. The van der Waals surface area contributed by atoms with Gasteiger partial charge < -0.3 is 15.0 Å². The fraction of sp³-hybridized carbons (Fsp3) is 0.562. The van der Waals surface area contributed by atoms with Crippen molar-refractivity contribution in [2.75, 3.05) is 19.7 Å². The maximum absolute atomic E-state index is 11.9. The Labute approximate surface area is 124 Å². The number of aryl methyl sites for hydroxylation is 1. The second-order valence-electron chi connectivity index (χ2n) is 5.83. The summed E-state index contributed by atoms with van der Waals surface area (Å²) in [4.78, 5) is 14.8. The van der Waals surface area contributed by atoms with Gasteiger partial charge in [0.2, 0.25) is 0 Å². The molecule has 0 saturated carbocycles. The monoisotopic (exact) mass is 289 g/mol. The molecule has 0 amide bonds. The molecule has 1 saturated heterocycles. The van der Waals surface area contributed by atoms with Gasteiger partial charge in [-0.25, -0.2) is 4.79 Å². The number of hydrogen-bond acceptors (Lipinski definition) is 3. The van der Waals surface area contributed by atoms with Gasteiger partial charge in [-0.1, -0.05) is 19.1 Å². The summed E-state index contributed by atoms with van der Waals surface area (Å²) in [6.07, 6.45) is 2.33. The van der Waals surface area contributed by atoms with Crippen LogP contribution in [0.3, 0.4) is 0 Å². The van der Waals surface area contributed by atoms with Crippen molar-refractivity contribution in [2.24, 2.45) is 5.92 Å². The second kappa shape index (κ2) is 6.45. The molecule has 2 heterocycles. The molecule has 114 valence electrons. The van der Waals surface area contributed by atoms with E-state index in [1.54, 1.807) is 4.57 Å². The number of rotatable bonds is 5. The van der Waals surface area contributed by atoms with Crippen LogP contribution in [0.25, 0.3) is 11.0 Å². The first-order valence-electron chi connectivity index (χ1n) is 7.75. The van der Waals surface area contributed by atoms with E-state index in [1.165, 1.54) is 6.42 Å². The third-order valence-corrected chi connectivity index (χ3v) is 4.30. The summed E-state index contributed by atoms with van der Waals surface area (Å²) in [7, 11) is 0. The first-order chi connectivity index (χ1) is 10.3. The summed E-state index contributed by atoms with van der Waals surface area (Å²) < 4.78 is 7.75. The van der Waals surface area contributed by atoms with Gasteiger partial charge in [-0.2, -0.15) is 0 Å². The molecule has 2 atom stereocenters. The van der Waals surface area contributed by atoms with Crippen molar-refractivity contribution in [2.45, 2.75) is 32.4 Å². The molecule has 1 fully saturated rings. The van der Waals surface area contributed by atoms with Crippen LogP contribution in [0.1, 0.15) is 19.8 Å². The van der Waals surface area contributed by atoms with E-state index in [1.807, 2.05) is 24.3 Å². The quantitative estimate of drug-likeness (QED) is 0.824. The molecule has 3 rings (SSSR count). The summed E-state index contributed by atoms with van der Waals surface area (Å²) in [5, 5.41) is 3.37. The van der Waals surface area contributed by atoms with Crippen LogP contribution in [0, 0.1) is 5.92 Å². The minimum atomic E-state index is -0.0381. The standard InChI is InChI=1S/C16H23N3O2/c1-12-7-8-17-11-15(12)21-10-4-9-19-14-6-3-2-5-13(14)18-16(19)20/h2-3,5-6,12,15,17H,4,7-11H2,1H3,(H,18,20). The Bertz CT molecular complexity index is 646. The molecule has 5 nitrogen and oxygen atoms in total. The Morgan fingerprint density at radius 2 is 2.24 bits per heavy atom. The van der Waals surface area contributed by atoms with E-state index in [0.717, 1.165) is 30.5 Å². The number of nitrogens with one attached hydrogen (secondary N) is 2. The molecule has 21 heavy (non-hydrogen) atoms. The largest absolute Gasteiger partial charge is 0.377 e. The SMILES string of the molecule is CC1CCNCC1OCCCn1c(=O)[nH]c2ccccc21. The predicted octanol–water partition coefficient (Wildman–Crippen LogP) is 1.73. The van der Waals surface area contributed by atoms with Crippen LogP contribution in [-0.4, -0.2) is 35.4 Å². The third-order valence-electron chi connectivity index (χ3n) is 4.30. The van der Waals surface area contributed by atoms with Crippen LogP contribution in [0.5, 0.6) is 0 Å². The molecule has 0 aliphatic carbocycles. The molecule has 2 N–H and O–H groups in total. The van der Waals surface area contributed by atoms with E-state index in [0.29, 0.717) is 25.2 Å². The van der Waals surface area contributed by atoms with Gasteiger partial charge in [-0.15, -0.1) is 0 Å². The van der Waals surface area contributed by atoms with Crippen molar-refractivity contribution in [3.8, 4) is 0 Å². The number of aromatic nitrogens is 2. The van der Waals surface area contributed by atoms with E-state index in [9.17, 15) is 4.79 Å². The lowest BCUT2D eigenvalue weighted by Gasteiger charge is -2.29. The van der Waals surface area contributed by atoms with Gasteiger partial charge in [0.05, 0.1) is 17.1 Å². The Morgan fingerprint density at radius 3 is 3.10 bits per heavy atom. The van der Waals surface area contributed by atoms with Gasteiger partial charge >= 0.3 is 5.69 Å². The second-order valence-corrected chi connectivity index (χ2v) is 5.83. The molecule has 1 aliphatic heterocycles. The number of nitrogens with zero attached hydrogens (tertiary/aromatic N) is 1. The predicted molar refractivity (Wildman–Crippen MR) is 83.6 cm³/mol. The highest BCUT2D eigenvalue weighted by Crippen LogP contribution is 2.15. The Morgan fingerprint density at radius 1 is 1.38 bits per heavy atom. The van der Waals surface area contributed by atoms with Gasteiger partial charge in [-0.05, 0) is 37.4 Å². The molecule has 0 spiro atoms. The Kier molecular flexibility index (Phi) is 4.41.